The normalized spacial score (nSPS) is 9.44. The van der Waals surface area contributed by atoms with Gasteiger partial charge in [0.05, 0.1) is 11.1 Å². The van der Waals surface area contributed by atoms with Gasteiger partial charge >= 0.3 is 0 Å². The highest BCUT2D eigenvalue weighted by Gasteiger charge is 1.92. The van der Waals surface area contributed by atoms with Gasteiger partial charge in [-0.2, -0.15) is 0 Å². The summed E-state index contributed by atoms with van der Waals surface area (Å²) >= 11 is 1.02. The van der Waals surface area contributed by atoms with Crippen molar-refractivity contribution in [2.45, 2.75) is 6.92 Å². The van der Waals surface area contributed by atoms with E-state index in [1.165, 1.54) is 0 Å². The van der Waals surface area contributed by atoms with E-state index in [4.69, 9.17) is 5.11 Å². The Bertz CT molecular complexity index is 245. The maximum Gasteiger partial charge on any atom is 0.239 e. The Kier molecular flexibility index (Phi) is 1.48. The van der Waals surface area contributed by atoms with E-state index in [0.29, 0.717) is 5.01 Å². The molecule has 9 heavy (non-hydrogen) atoms. The van der Waals surface area contributed by atoms with Gasteiger partial charge < -0.3 is 5.11 Å². The molecule has 1 rings (SSSR count). The SMILES string of the molecule is Cc1nc(O)cc(=O)s1. The second-order valence-electron chi connectivity index (χ2n) is 1.55. The second-order valence-corrected chi connectivity index (χ2v) is 2.75. The predicted octanol–water partition coefficient (Wildman–Crippen LogP) is 0.517. The van der Waals surface area contributed by atoms with Crippen LogP contribution in [0, 0.1) is 6.92 Å². The van der Waals surface area contributed by atoms with Crippen molar-refractivity contribution in [3.63, 3.8) is 0 Å². The number of rotatable bonds is 0. The summed E-state index contributed by atoms with van der Waals surface area (Å²) in [5, 5.41) is 9.27. The van der Waals surface area contributed by atoms with E-state index in [0.717, 1.165) is 17.4 Å². The standard InChI is InChI=1S/C5H5NO2S/c1-3-6-4(7)2-5(8)9-3/h2,7H,1H3. The molecule has 0 aliphatic carbocycles. The predicted molar refractivity (Wildman–Crippen MR) is 34.8 cm³/mol. The van der Waals surface area contributed by atoms with Crippen LogP contribution in [0.5, 0.6) is 5.88 Å². The molecule has 48 valence electrons. The molecule has 0 amide bonds. The van der Waals surface area contributed by atoms with E-state index in [-0.39, 0.29) is 10.6 Å². The van der Waals surface area contributed by atoms with Crippen molar-refractivity contribution >= 4 is 11.3 Å². The Morgan fingerprint density at radius 3 is 2.89 bits per heavy atom. The lowest BCUT2D eigenvalue weighted by atomic mass is 10.7. The highest BCUT2D eigenvalue weighted by atomic mass is 32.1. The molecule has 1 aromatic rings. The van der Waals surface area contributed by atoms with Gasteiger partial charge in [0.25, 0.3) is 0 Å². The average Bonchev–Trinajstić information content (AvgIpc) is 1.59. The second kappa shape index (κ2) is 2.14. The summed E-state index contributed by atoms with van der Waals surface area (Å²) in [4.78, 5) is 14.1. The Hall–Kier alpha value is -0.900. The molecule has 0 bridgehead atoms. The van der Waals surface area contributed by atoms with E-state index in [2.05, 4.69) is 4.98 Å². The van der Waals surface area contributed by atoms with Gasteiger partial charge in [-0.05, 0) is 6.92 Å². The van der Waals surface area contributed by atoms with Crippen LogP contribution in [-0.4, -0.2) is 10.1 Å². The van der Waals surface area contributed by atoms with Crippen LogP contribution >= 0.6 is 11.3 Å². The Morgan fingerprint density at radius 1 is 1.78 bits per heavy atom. The minimum Gasteiger partial charge on any atom is -0.493 e. The molecule has 1 N–H and O–H groups in total. The number of nitrogens with zero attached hydrogens (tertiary/aromatic N) is 1. The summed E-state index contributed by atoms with van der Waals surface area (Å²) in [7, 11) is 0. The zero-order valence-electron chi connectivity index (χ0n) is 4.79. The Labute approximate surface area is 55.6 Å². The van der Waals surface area contributed by atoms with Gasteiger partial charge in [-0.25, -0.2) is 4.98 Å². The maximum absolute atomic E-state index is 10.5. The molecule has 0 atom stereocenters. The summed E-state index contributed by atoms with van der Waals surface area (Å²) in [5.41, 5.74) is 0. The van der Waals surface area contributed by atoms with E-state index >= 15 is 0 Å². The first-order valence-electron chi connectivity index (χ1n) is 2.36. The lowest BCUT2D eigenvalue weighted by Crippen LogP contribution is -1.92. The van der Waals surface area contributed by atoms with Gasteiger partial charge in [0.1, 0.15) is 0 Å². The van der Waals surface area contributed by atoms with Crippen LogP contribution < -0.4 is 4.74 Å². The monoisotopic (exact) mass is 143 g/mol. The number of hydrogen-bond acceptors (Lipinski definition) is 4. The number of aryl methyl sites for hydroxylation is 1. The highest BCUT2D eigenvalue weighted by Crippen LogP contribution is 2.02. The molecule has 0 aromatic carbocycles. The number of hydrogen-bond donors (Lipinski definition) is 1. The molecule has 0 saturated carbocycles. The van der Waals surface area contributed by atoms with Gasteiger partial charge in [-0.3, -0.25) is 4.79 Å². The van der Waals surface area contributed by atoms with Crippen LogP contribution in [0.25, 0.3) is 0 Å². The van der Waals surface area contributed by atoms with Crippen LogP contribution in [0.15, 0.2) is 10.9 Å². The number of aromatic hydroxyl groups is 1. The van der Waals surface area contributed by atoms with Crippen LogP contribution in [-0.2, 0) is 0 Å². The van der Waals surface area contributed by atoms with Crippen molar-refractivity contribution < 1.29 is 5.11 Å². The lowest BCUT2D eigenvalue weighted by molar-refractivity contribution is 0.453. The third-order valence-electron chi connectivity index (χ3n) is 0.767. The van der Waals surface area contributed by atoms with Crippen molar-refractivity contribution in [2.24, 2.45) is 0 Å². The molecule has 4 heteroatoms. The van der Waals surface area contributed by atoms with E-state index in [1.807, 2.05) is 0 Å². The molecule has 0 unspecified atom stereocenters. The topological polar surface area (TPSA) is 50.2 Å². The smallest absolute Gasteiger partial charge is 0.239 e. The van der Waals surface area contributed by atoms with Crippen molar-refractivity contribution in [3.05, 3.63) is 20.6 Å². The molecular weight excluding hydrogens is 138 g/mol. The summed E-state index contributed by atoms with van der Waals surface area (Å²) < 4.78 is -0.167. The summed E-state index contributed by atoms with van der Waals surface area (Å²) in [6.45, 7) is 1.67. The first kappa shape index (κ1) is 6.22. The van der Waals surface area contributed by atoms with Crippen LogP contribution in [0.1, 0.15) is 5.01 Å². The quantitative estimate of drug-likeness (QED) is 0.576. The van der Waals surface area contributed by atoms with E-state index in [9.17, 15) is 4.79 Å². The first-order chi connectivity index (χ1) is 4.18. The summed E-state index contributed by atoms with van der Waals surface area (Å²) in [6, 6.07) is 1.09. The van der Waals surface area contributed by atoms with Gasteiger partial charge in [0.2, 0.25) is 10.6 Å². The zero-order valence-corrected chi connectivity index (χ0v) is 5.60. The minimum atomic E-state index is -0.198. The Balaban J connectivity index is 3.33. The zero-order chi connectivity index (χ0) is 6.85. The minimum absolute atomic E-state index is 0.167. The van der Waals surface area contributed by atoms with Gasteiger partial charge in [-0.15, -0.1) is 0 Å². The van der Waals surface area contributed by atoms with Gasteiger partial charge in [0, 0.05) is 0 Å². The fourth-order valence-corrected chi connectivity index (χ4v) is 1.09. The molecule has 0 saturated heterocycles. The third-order valence-corrected chi connectivity index (χ3v) is 1.47. The van der Waals surface area contributed by atoms with Gasteiger partial charge in [0.15, 0.2) is 0 Å². The highest BCUT2D eigenvalue weighted by molar-refractivity contribution is 7.08. The fraction of sp³-hybridized carbons (Fsp3) is 0.200. The lowest BCUT2D eigenvalue weighted by Gasteiger charge is -1.87. The first-order valence-corrected chi connectivity index (χ1v) is 3.18. The molecule has 0 aliphatic heterocycles. The maximum atomic E-state index is 10.5. The Morgan fingerprint density at radius 2 is 2.44 bits per heavy atom. The molecule has 0 aliphatic rings. The summed E-state index contributed by atoms with van der Waals surface area (Å²) in [5.74, 6) is -0.198. The van der Waals surface area contributed by atoms with Crippen LogP contribution in [0.3, 0.4) is 0 Å². The van der Waals surface area contributed by atoms with Crippen molar-refractivity contribution in [1.82, 2.24) is 4.98 Å². The average molecular weight is 143 g/mol. The molecule has 3 nitrogen and oxygen atoms in total. The van der Waals surface area contributed by atoms with E-state index < -0.39 is 0 Å². The molecule has 0 spiro atoms. The molecular formula is C5H5NO2S. The van der Waals surface area contributed by atoms with Crippen LogP contribution in [0.4, 0.5) is 0 Å². The van der Waals surface area contributed by atoms with Crippen molar-refractivity contribution in [3.8, 4) is 5.88 Å². The largest absolute Gasteiger partial charge is 0.493 e. The molecule has 1 aromatic heterocycles. The van der Waals surface area contributed by atoms with E-state index in [1.54, 1.807) is 6.92 Å². The molecule has 0 radical (unpaired) electrons. The van der Waals surface area contributed by atoms with Gasteiger partial charge in [-0.1, -0.05) is 11.3 Å². The third kappa shape index (κ3) is 1.50. The van der Waals surface area contributed by atoms with Crippen molar-refractivity contribution in [2.75, 3.05) is 0 Å². The summed E-state index contributed by atoms with van der Waals surface area (Å²) in [6.07, 6.45) is 0. The van der Waals surface area contributed by atoms with Crippen molar-refractivity contribution in [1.29, 1.82) is 0 Å². The molecule has 1 heterocycles. The fourth-order valence-electron chi connectivity index (χ4n) is 0.497. The molecule has 0 fully saturated rings. The van der Waals surface area contributed by atoms with Crippen LogP contribution in [0.2, 0.25) is 0 Å². The number of aromatic nitrogens is 1.